The van der Waals surface area contributed by atoms with Crippen molar-refractivity contribution in [1.82, 2.24) is 16.1 Å². The van der Waals surface area contributed by atoms with E-state index < -0.39 is 11.7 Å². The number of hydrazine groups is 1. The van der Waals surface area contributed by atoms with Gasteiger partial charge in [0, 0.05) is 25.4 Å². The molecule has 1 atom stereocenters. The molecule has 1 aromatic carbocycles. The molecule has 1 aliphatic heterocycles. The van der Waals surface area contributed by atoms with Crippen LogP contribution in [0.25, 0.3) is 0 Å². The van der Waals surface area contributed by atoms with Crippen LogP contribution in [0, 0.1) is 0 Å². The average Bonchev–Trinajstić information content (AvgIpc) is 3.26. The molecule has 10 heteroatoms. The molecule has 1 saturated heterocycles. The zero-order valence-corrected chi connectivity index (χ0v) is 17.9. The molecule has 0 spiro atoms. The fraction of sp³-hybridized carbons (Fsp3) is 0.476. The van der Waals surface area contributed by atoms with Gasteiger partial charge in [0.25, 0.3) is 0 Å². The molecule has 1 unspecified atom stereocenters. The molecule has 31 heavy (non-hydrogen) atoms. The Labute approximate surface area is 181 Å². The van der Waals surface area contributed by atoms with Crippen LogP contribution in [0.3, 0.4) is 0 Å². The van der Waals surface area contributed by atoms with Crippen LogP contribution in [0.5, 0.6) is 0 Å². The summed E-state index contributed by atoms with van der Waals surface area (Å²) in [6.07, 6.45) is 1.13. The van der Waals surface area contributed by atoms with Crippen LogP contribution < -0.4 is 27.6 Å². The minimum Gasteiger partial charge on any atom is -0.397 e. The van der Waals surface area contributed by atoms with E-state index in [0.29, 0.717) is 18.7 Å². The Balaban J connectivity index is 0.000000318. The molecule has 174 valence electrons. The highest BCUT2D eigenvalue weighted by Gasteiger charge is 2.29. The maximum atomic E-state index is 12.3. The van der Waals surface area contributed by atoms with Crippen molar-refractivity contribution in [3.05, 3.63) is 59.1 Å². The molecule has 1 fully saturated rings. The summed E-state index contributed by atoms with van der Waals surface area (Å²) < 4.78 is 42.5. The lowest BCUT2D eigenvalue weighted by atomic mass is 10.1. The van der Waals surface area contributed by atoms with E-state index in [9.17, 15) is 18.0 Å². The summed E-state index contributed by atoms with van der Waals surface area (Å²) in [7, 11) is 0. The highest BCUT2D eigenvalue weighted by atomic mass is 19.4. The van der Waals surface area contributed by atoms with Crippen molar-refractivity contribution in [2.45, 2.75) is 52.0 Å². The number of hydrogen-bond acceptors (Lipinski definition) is 6. The fourth-order valence-electron chi connectivity index (χ4n) is 2.62. The first-order chi connectivity index (χ1) is 14.7. The number of ether oxygens (including phenoxy) is 1. The summed E-state index contributed by atoms with van der Waals surface area (Å²) in [5.74, 6) is 5.05. The summed E-state index contributed by atoms with van der Waals surface area (Å²) in [6, 6.07) is 5.10. The van der Waals surface area contributed by atoms with Crippen LogP contribution in [0.2, 0.25) is 0 Å². The van der Waals surface area contributed by atoms with Crippen molar-refractivity contribution in [1.29, 1.82) is 0 Å². The van der Waals surface area contributed by atoms with Gasteiger partial charge in [0.15, 0.2) is 0 Å². The molecule has 0 radical (unpaired) electrons. The third-order valence-electron chi connectivity index (χ3n) is 4.50. The number of alkyl halides is 3. The van der Waals surface area contributed by atoms with E-state index in [-0.39, 0.29) is 12.0 Å². The Hall–Kier alpha value is -2.56. The smallest absolute Gasteiger partial charge is 0.397 e. The lowest BCUT2D eigenvalue weighted by Crippen LogP contribution is -2.20. The van der Waals surface area contributed by atoms with Crippen molar-refractivity contribution in [2.75, 3.05) is 13.1 Å². The van der Waals surface area contributed by atoms with Gasteiger partial charge in [-0.15, -0.1) is 0 Å². The van der Waals surface area contributed by atoms with Gasteiger partial charge < -0.3 is 26.5 Å². The van der Waals surface area contributed by atoms with Gasteiger partial charge in [-0.25, -0.2) is 0 Å². The normalized spacial score (nSPS) is 17.0. The second kappa shape index (κ2) is 13.7. The highest BCUT2D eigenvalue weighted by molar-refractivity contribution is 5.76. The average molecular weight is 444 g/mol. The zero-order valence-electron chi connectivity index (χ0n) is 17.9. The SMILES string of the molecule is CCC(=O)N/C=C(CC)/C(N)=C/NN.FC(F)(F)c1ccc(COC2CCNC2)cc1. The molecule has 1 heterocycles. The molecule has 7 nitrogen and oxygen atoms in total. The van der Waals surface area contributed by atoms with Crippen LogP contribution >= 0.6 is 0 Å². The van der Waals surface area contributed by atoms with Gasteiger partial charge in [0.2, 0.25) is 5.91 Å². The molecular formula is C21H32F3N5O2. The van der Waals surface area contributed by atoms with Crippen LogP contribution in [-0.4, -0.2) is 25.1 Å². The Morgan fingerprint density at radius 3 is 2.39 bits per heavy atom. The number of benzene rings is 1. The Morgan fingerprint density at radius 1 is 1.23 bits per heavy atom. The predicted octanol–water partition coefficient (Wildman–Crippen LogP) is 2.65. The largest absolute Gasteiger partial charge is 0.416 e. The maximum Gasteiger partial charge on any atom is 0.416 e. The molecule has 0 saturated carbocycles. The fourth-order valence-corrected chi connectivity index (χ4v) is 2.62. The third-order valence-corrected chi connectivity index (χ3v) is 4.50. The quantitative estimate of drug-likeness (QED) is 0.240. The van der Waals surface area contributed by atoms with Crippen LogP contribution in [-0.2, 0) is 22.3 Å². The third kappa shape index (κ3) is 10.3. The van der Waals surface area contributed by atoms with E-state index in [0.717, 1.165) is 49.2 Å². The predicted molar refractivity (Wildman–Crippen MR) is 114 cm³/mol. The first kappa shape index (κ1) is 26.5. The second-order valence-corrected chi connectivity index (χ2v) is 6.83. The van der Waals surface area contributed by atoms with Crippen molar-refractivity contribution < 1.29 is 22.7 Å². The summed E-state index contributed by atoms with van der Waals surface area (Å²) >= 11 is 0. The molecular weight excluding hydrogens is 411 g/mol. The minimum absolute atomic E-state index is 0.0375. The zero-order chi connectivity index (χ0) is 23.3. The van der Waals surface area contributed by atoms with E-state index in [1.807, 2.05) is 6.92 Å². The molecule has 7 N–H and O–H groups in total. The topological polar surface area (TPSA) is 114 Å². The summed E-state index contributed by atoms with van der Waals surface area (Å²) in [5, 5.41) is 5.80. The highest BCUT2D eigenvalue weighted by Crippen LogP contribution is 2.29. The number of nitrogens with two attached hydrogens (primary N) is 2. The molecule has 0 aliphatic carbocycles. The number of carbonyl (C=O) groups excluding carboxylic acids is 1. The summed E-state index contributed by atoms with van der Waals surface area (Å²) in [4.78, 5) is 11.0. The van der Waals surface area contributed by atoms with Gasteiger partial charge in [-0.05, 0) is 42.7 Å². The molecule has 1 aromatic rings. The van der Waals surface area contributed by atoms with Gasteiger partial charge in [0.1, 0.15) is 0 Å². The molecule has 1 amide bonds. The van der Waals surface area contributed by atoms with Crippen molar-refractivity contribution >= 4 is 5.91 Å². The number of nitrogens with one attached hydrogen (secondary N) is 3. The molecule has 2 rings (SSSR count). The van der Waals surface area contributed by atoms with E-state index in [1.165, 1.54) is 18.3 Å². The van der Waals surface area contributed by atoms with Crippen molar-refractivity contribution in [3.63, 3.8) is 0 Å². The Bertz CT molecular complexity index is 728. The van der Waals surface area contributed by atoms with E-state index in [4.69, 9.17) is 16.3 Å². The van der Waals surface area contributed by atoms with Crippen LogP contribution in [0.1, 0.15) is 44.2 Å². The summed E-state index contributed by atoms with van der Waals surface area (Å²) in [6.45, 7) is 5.86. The second-order valence-electron chi connectivity index (χ2n) is 6.83. The van der Waals surface area contributed by atoms with E-state index in [1.54, 1.807) is 13.1 Å². The lowest BCUT2D eigenvalue weighted by molar-refractivity contribution is -0.137. The van der Waals surface area contributed by atoms with Gasteiger partial charge in [-0.3, -0.25) is 10.6 Å². The van der Waals surface area contributed by atoms with Crippen LogP contribution in [0.4, 0.5) is 13.2 Å². The lowest BCUT2D eigenvalue weighted by Gasteiger charge is -2.11. The molecule has 1 aliphatic rings. The number of hydrogen-bond donors (Lipinski definition) is 5. The van der Waals surface area contributed by atoms with E-state index >= 15 is 0 Å². The Kier molecular flexibility index (Phi) is 11.7. The summed E-state index contributed by atoms with van der Waals surface area (Å²) in [5.41, 5.74) is 9.51. The standard InChI is InChI=1S/C12H14F3NO.C9H18N4O/c13-12(14,15)10-3-1-9(2-4-10)8-17-11-5-6-16-7-11;1-3-7(8(10)6-13-11)5-12-9(14)4-2/h1-4,11,16H,5-8H2;5-6,13H,3-4,10-11H2,1-2H3,(H,12,14)/b;7-5+,8-6-. The number of halogens is 3. The number of rotatable bonds is 8. The van der Waals surface area contributed by atoms with E-state index in [2.05, 4.69) is 16.1 Å². The van der Waals surface area contributed by atoms with Gasteiger partial charge >= 0.3 is 6.18 Å². The Morgan fingerprint density at radius 2 is 1.90 bits per heavy atom. The first-order valence-electron chi connectivity index (χ1n) is 10.1. The van der Waals surface area contributed by atoms with Crippen LogP contribution in [0.15, 0.2) is 47.9 Å². The van der Waals surface area contributed by atoms with Gasteiger partial charge in [-0.1, -0.05) is 26.0 Å². The van der Waals surface area contributed by atoms with Crippen molar-refractivity contribution in [3.8, 4) is 0 Å². The first-order valence-corrected chi connectivity index (χ1v) is 10.1. The number of allylic oxidation sites excluding steroid dienone is 1. The number of carbonyl (C=O) groups is 1. The molecule has 0 aromatic heterocycles. The number of amides is 1. The van der Waals surface area contributed by atoms with Gasteiger partial charge in [-0.2, -0.15) is 13.2 Å². The monoisotopic (exact) mass is 443 g/mol. The van der Waals surface area contributed by atoms with Crippen molar-refractivity contribution in [2.24, 2.45) is 11.6 Å². The van der Waals surface area contributed by atoms with Gasteiger partial charge in [0.05, 0.1) is 24.0 Å². The molecule has 0 bridgehead atoms. The minimum atomic E-state index is -4.27. The maximum absolute atomic E-state index is 12.3.